The zero-order valence-electron chi connectivity index (χ0n) is 14.0. The Bertz CT molecular complexity index is 1050. The van der Waals surface area contributed by atoms with E-state index in [1.165, 1.54) is 23.5 Å². The van der Waals surface area contributed by atoms with Crippen LogP contribution in [-0.2, 0) is 0 Å². The highest BCUT2D eigenvalue weighted by Gasteiger charge is 2.17. The standard InChI is InChI=1S/C20H16FN3OS/c1-13(14-5-3-2-4-6-14)22-19(25)18-12-26-20-23-17(11-24(18)20)15-7-9-16(21)10-8-15/h2-13H,1H3,(H,22,25). The number of benzene rings is 2. The molecule has 4 nitrogen and oxygen atoms in total. The lowest BCUT2D eigenvalue weighted by Gasteiger charge is -2.13. The smallest absolute Gasteiger partial charge is 0.269 e. The van der Waals surface area contributed by atoms with Crippen LogP contribution in [0.15, 0.2) is 66.2 Å². The lowest BCUT2D eigenvalue weighted by molar-refractivity contribution is 0.0934. The summed E-state index contributed by atoms with van der Waals surface area (Å²) in [6, 6.07) is 15.9. The molecule has 1 N–H and O–H groups in total. The van der Waals surface area contributed by atoms with E-state index in [1.807, 2.05) is 37.3 Å². The predicted molar refractivity (Wildman–Crippen MR) is 101 cm³/mol. The van der Waals surface area contributed by atoms with E-state index < -0.39 is 0 Å². The molecule has 0 fully saturated rings. The molecule has 6 heteroatoms. The minimum Gasteiger partial charge on any atom is -0.344 e. The molecular weight excluding hydrogens is 349 g/mol. The maximum atomic E-state index is 13.1. The molecule has 2 heterocycles. The SMILES string of the molecule is CC(NC(=O)c1csc2nc(-c3ccc(F)cc3)cn12)c1ccccc1. The number of nitrogens with one attached hydrogen (secondary N) is 1. The second kappa shape index (κ2) is 6.72. The quantitative estimate of drug-likeness (QED) is 0.570. The van der Waals surface area contributed by atoms with Crippen LogP contribution in [0.2, 0.25) is 0 Å². The minimum absolute atomic E-state index is 0.0984. The number of rotatable bonds is 4. The van der Waals surface area contributed by atoms with Gasteiger partial charge in [0.25, 0.3) is 5.91 Å². The van der Waals surface area contributed by atoms with Gasteiger partial charge in [-0.2, -0.15) is 0 Å². The van der Waals surface area contributed by atoms with Crippen molar-refractivity contribution in [3.8, 4) is 11.3 Å². The molecule has 130 valence electrons. The summed E-state index contributed by atoms with van der Waals surface area (Å²) in [5.41, 5.74) is 3.10. The van der Waals surface area contributed by atoms with Crippen LogP contribution in [-0.4, -0.2) is 15.3 Å². The monoisotopic (exact) mass is 365 g/mol. The van der Waals surface area contributed by atoms with E-state index in [0.717, 1.165) is 16.1 Å². The fraction of sp³-hybridized carbons (Fsp3) is 0.100. The van der Waals surface area contributed by atoms with E-state index >= 15 is 0 Å². The molecule has 0 saturated carbocycles. The van der Waals surface area contributed by atoms with Crippen LogP contribution >= 0.6 is 11.3 Å². The van der Waals surface area contributed by atoms with Crippen LogP contribution in [0.4, 0.5) is 4.39 Å². The summed E-state index contributed by atoms with van der Waals surface area (Å²) in [5, 5.41) is 4.81. The number of carbonyl (C=O) groups is 1. The van der Waals surface area contributed by atoms with E-state index in [2.05, 4.69) is 10.3 Å². The maximum absolute atomic E-state index is 13.1. The molecule has 4 aromatic rings. The van der Waals surface area contributed by atoms with Crippen LogP contribution in [0.1, 0.15) is 29.0 Å². The van der Waals surface area contributed by atoms with E-state index in [-0.39, 0.29) is 17.8 Å². The van der Waals surface area contributed by atoms with Crippen LogP contribution in [0.25, 0.3) is 16.2 Å². The van der Waals surface area contributed by atoms with Gasteiger partial charge in [0, 0.05) is 17.1 Å². The fourth-order valence-corrected chi connectivity index (χ4v) is 3.66. The first-order valence-corrected chi connectivity index (χ1v) is 9.08. The summed E-state index contributed by atoms with van der Waals surface area (Å²) >= 11 is 1.40. The Balaban J connectivity index is 1.60. The largest absolute Gasteiger partial charge is 0.344 e. The zero-order chi connectivity index (χ0) is 18.1. The average Bonchev–Trinajstić information content (AvgIpc) is 3.23. The van der Waals surface area contributed by atoms with Gasteiger partial charge in [-0.3, -0.25) is 9.20 Å². The van der Waals surface area contributed by atoms with Gasteiger partial charge in [-0.05, 0) is 36.8 Å². The van der Waals surface area contributed by atoms with Crippen molar-refractivity contribution >= 4 is 22.2 Å². The van der Waals surface area contributed by atoms with Gasteiger partial charge in [0.1, 0.15) is 11.5 Å². The summed E-state index contributed by atoms with van der Waals surface area (Å²) in [5.74, 6) is -0.444. The first-order chi connectivity index (χ1) is 12.6. The lowest BCUT2D eigenvalue weighted by atomic mass is 10.1. The van der Waals surface area contributed by atoms with Gasteiger partial charge in [-0.15, -0.1) is 11.3 Å². The molecule has 1 atom stereocenters. The summed E-state index contributed by atoms with van der Waals surface area (Å²) < 4.78 is 14.9. The molecule has 0 bridgehead atoms. The topological polar surface area (TPSA) is 46.4 Å². The van der Waals surface area contributed by atoms with Gasteiger partial charge in [-0.25, -0.2) is 9.37 Å². The Labute approximate surface area is 153 Å². The summed E-state index contributed by atoms with van der Waals surface area (Å²) in [4.78, 5) is 17.9. The van der Waals surface area contributed by atoms with Crippen molar-refractivity contribution in [3.05, 3.63) is 83.2 Å². The fourth-order valence-electron chi connectivity index (χ4n) is 2.80. The first-order valence-electron chi connectivity index (χ1n) is 8.20. The van der Waals surface area contributed by atoms with Crippen LogP contribution in [0, 0.1) is 5.82 Å². The van der Waals surface area contributed by atoms with Gasteiger partial charge in [0.15, 0.2) is 4.96 Å². The number of fused-ring (bicyclic) bond motifs is 1. The highest BCUT2D eigenvalue weighted by atomic mass is 32.1. The highest BCUT2D eigenvalue weighted by molar-refractivity contribution is 7.15. The third-order valence-electron chi connectivity index (χ3n) is 4.23. The molecule has 0 aliphatic heterocycles. The third-order valence-corrected chi connectivity index (χ3v) is 5.07. The van der Waals surface area contributed by atoms with Gasteiger partial charge in [0.05, 0.1) is 11.7 Å². The molecule has 2 aromatic heterocycles. The van der Waals surface area contributed by atoms with Gasteiger partial charge in [0.2, 0.25) is 0 Å². The Kier molecular flexibility index (Phi) is 4.26. The molecular formula is C20H16FN3OS. The molecule has 2 aromatic carbocycles. The normalized spacial score (nSPS) is 12.2. The van der Waals surface area contributed by atoms with Gasteiger partial charge < -0.3 is 5.32 Å². The van der Waals surface area contributed by atoms with Gasteiger partial charge in [-0.1, -0.05) is 30.3 Å². The second-order valence-electron chi connectivity index (χ2n) is 6.01. The van der Waals surface area contributed by atoms with E-state index in [4.69, 9.17) is 0 Å². The zero-order valence-corrected chi connectivity index (χ0v) is 14.8. The number of nitrogens with zero attached hydrogens (tertiary/aromatic N) is 2. The number of aromatic nitrogens is 2. The third kappa shape index (κ3) is 3.11. The molecule has 0 aliphatic carbocycles. The van der Waals surface area contributed by atoms with Crippen molar-refractivity contribution in [1.29, 1.82) is 0 Å². The molecule has 0 radical (unpaired) electrons. The van der Waals surface area contributed by atoms with Crippen molar-refractivity contribution in [2.24, 2.45) is 0 Å². The van der Waals surface area contributed by atoms with E-state index in [1.54, 1.807) is 28.1 Å². The number of hydrogen-bond acceptors (Lipinski definition) is 3. The Morgan fingerprint density at radius 1 is 1.15 bits per heavy atom. The van der Waals surface area contributed by atoms with E-state index in [9.17, 15) is 9.18 Å². The van der Waals surface area contributed by atoms with Crippen molar-refractivity contribution in [1.82, 2.24) is 14.7 Å². The second-order valence-corrected chi connectivity index (χ2v) is 6.85. The average molecular weight is 365 g/mol. The van der Waals surface area contributed by atoms with Crippen LogP contribution < -0.4 is 5.32 Å². The molecule has 1 amide bonds. The summed E-state index contributed by atoms with van der Waals surface area (Å²) in [7, 11) is 0. The molecule has 4 rings (SSSR count). The number of carbonyl (C=O) groups excluding carboxylic acids is 1. The first kappa shape index (κ1) is 16.5. The van der Waals surface area contributed by atoms with Gasteiger partial charge >= 0.3 is 0 Å². The number of hydrogen-bond donors (Lipinski definition) is 1. The van der Waals surface area contributed by atoms with Crippen LogP contribution in [0.5, 0.6) is 0 Å². The Morgan fingerprint density at radius 2 is 1.88 bits per heavy atom. The molecule has 0 aliphatic rings. The predicted octanol–water partition coefficient (Wildman–Crippen LogP) is 4.69. The van der Waals surface area contributed by atoms with Crippen LogP contribution in [0.3, 0.4) is 0 Å². The Hall–Kier alpha value is -2.99. The number of imidazole rings is 1. The minimum atomic E-state index is -0.287. The van der Waals surface area contributed by atoms with Crippen molar-refractivity contribution in [3.63, 3.8) is 0 Å². The molecule has 0 saturated heterocycles. The lowest BCUT2D eigenvalue weighted by Crippen LogP contribution is -2.27. The van der Waals surface area contributed by atoms with Crippen molar-refractivity contribution in [2.45, 2.75) is 13.0 Å². The highest BCUT2D eigenvalue weighted by Crippen LogP contribution is 2.24. The van der Waals surface area contributed by atoms with Crippen molar-refractivity contribution in [2.75, 3.05) is 0 Å². The maximum Gasteiger partial charge on any atom is 0.269 e. The Morgan fingerprint density at radius 3 is 2.62 bits per heavy atom. The number of halogens is 1. The molecule has 1 unspecified atom stereocenters. The van der Waals surface area contributed by atoms with E-state index in [0.29, 0.717) is 11.4 Å². The summed E-state index contributed by atoms with van der Waals surface area (Å²) in [6.45, 7) is 1.95. The molecule has 26 heavy (non-hydrogen) atoms. The summed E-state index contributed by atoms with van der Waals surface area (Å²) in [6.07, 6.45) is 1.81. The molecule has 0 spiro atoms. The number of thiazole rings is 1. The van der Waals surface area contributed by atoms with Crippen molar-refractivity contribution < 1.29 is 9.18 Å². The number of amides is 1.